The van der Waals surface area contributed by atoms with Crippen LogP contribution in [0.4, 0.5) is 11.6 Å². The first-order valence-electron chi connectivity index (χ1n) is 5.48. The predicted molar refractivity (Wildman–Crippen MR) is 71.5 cm³/mol. The number of aryl methyl sites for hydroxylation is 1. The van der Waals surface area contributed by atoms with Crippen LogP contribution in [-0.2, 0) is 7.05 Å². The summed E-state index contributed by atoms with van der Waals surface area (Å²) in [7, 11) is 3.79. The second-order valence-corrected chi connectivity index (χ2v) is 4.51. The molecule has 0 aliphatic heterocycles. The molecule has 2 heterocycles. The molecule has 6 nitrogen and oxygen atoms in total. The number of nitrogens with two attached hydrogens (primary N) is 1. The molecule has 0 saturated heterocycles. The Labute approximate surface area is 110 Å². The van der Waals surface area contributed by atoms with Crippen LogP contribution in [-0.4, -0.2) is 26.8 Å². The van der Waals surface area contributed by atoms with Crippen LogP contribution in [0.2, 0.25) is 5.02 Å². The van der Waals surface area contributed by atoms with Gasteiger partial charge < -0.3 is 10.6 Å². The number of hydrogen-bond donors (Lipinski definition) is 1. The zero-order valence-electron chi connectivity index (χ0n) is 10.5. The lowest BCUT2D eigenvalue weighted by atomic mass is 10.1. The Hall–Kier alpha value is -1.82. The topological polar surface area (TPSA) is 72.9 Å². The van der Waals surface area contributed by atoms with Crippen LogP contribution in [0, 0.1) is 0 Å². The Morgan fingerprint density at radius 2 is 2.17 bits per heavy atom. The van der Waals surface area contributed by atoms with Crippen molar-refractivity contribution >= 4 is 23.2 Å². The Morgan fingerprint density at radius 3 is 2.78 bits per heavy atom. The van der Waals surface area contributed by atoms with Gasteiger partial charge in [-0.25, -0.2) is 9.97 Å². The number of nitrogen functional groups attached to an aromatic ring is 1. The molecular weight excluding hydrogens is 252 g/mol. The number of nitrogens with zero attached hydrogens (tertiary/aromatic N) is 5. The summed E-state index contributed by atoms with van der Waals surface area (Å²) < 4.78 is 1.76. The smallest absolute Gasteiger partial charge is 0.153 e. The second kappa shape index (κ2) is 4.81. The SMILES string of the molecule is C[C@@H](c1cnn(C)c1)N(C)c1ncnc(N)c1Cl. The van der Waals surface area contributed by atoms with Gasteiger partial charge in [0.25, 0.3) is 0 Å². The molecule has 0 amide bonds. The van der Waals surface area contributed by atoms with E-state index in [1.807, 2.05) is 38.3 Å². The summed E-state index contributed by atoms with van der Waals surface area (Å²) in [5.74, 6) is 0.896. The second-order valence-electron chi connectivity index (χ2n) is 4.13. The van der Waals surface area contributed by atoms with Crippen LogP contribution in [0.5, 0.6) is 0 Å². The van der Waals surface area contributed by atoms with E-state index in [0.717, 1.165) is 5.56 Å². The standard InChI is InChI=1S/C11H15ClN6/c1-7(8-4-16-17(2)5-8)18(3)11-9(12)10(13)14-6-15-11/h4-7H,1-3H3,(H2,13,14,15)/t7-/m0/s1. The largest absolute Gasteiger partial charge is 0.382 e. The van der Waals surface area contributed by atoms with Gasteiger partial charge in [-0.05, 0) is 6.92 Å². The number of rotatable bonds is 3. The summed E-state index contributed by atoms with van der Waals surface area (Å²) in [6, 6.07) is 0.0884. The molecule has 7 heteroatoms. The van der Waals surface area contributed by atoms with E-state index in [1.165, 1.54) is 6.33 Å². The number of anilines is 2. The van der Waals surface area contributed by atoms with Gasteiger partial charge in [-0.15, -0.1) is 0 Å². The van der Waals surface area contributed by atoms with E-state index in [1.54, 1.807) is 4.68 Å². The lowest BCUT2D eigenvalue weighted by Gasteiger charge is -2.25. The molecule has 0 aliphatic rings. The van der Waals surface area contributed by atoms with Crippen molar-refractivity contribution in [2.45, 2.75) is 13.0 Å². The Bertz CT molecular complexity index is 552. The lowest BCUT2D eigenvalue weighted by molar-refractivity contribution is 0.723. The zero-order chi connectivity index (χ0) is 13.3. The number of halogens is 1. The summed E-state index contributed by atoms with van der Waals surface area (Å²) in [6.45, 7) is 2.05. The minimum atomic E-state index is 0.0884. The van der Waals surface area contributed by atoms with Crippen molar-refractivity contribution in [2.24, 2.45) is 7.05 Å². The van der Waals surface area contributed by atoms with E-state index in [-0.39, 0.29) is 11.9 Å². The molecule has 2 aromatic rings. The molecule has 0 bridgehead atoms. The van der Waals surface area contributed by atoms with Crippen LogP contribution in [0.25, 0.3) is 0 Å². The van der Waals surface area contributed by atoms with Crippen molar-refractivity contribution < 1.29 is 0 Å². The third-order valence-electron chi connectivity index (χ3n) is 2.92. The Morgan fingerprint density at radius 1 is 1.44 bits per heavy atom. The summed E-state index contributed by atoms with van der Waals surface area (Å²) in [6.07, 6.45) is 5.18. The molecule has 18 heavy (non-hydrogen) atoms. The molecule has 0 aliphatic carbocycles. The van der Waals surface area contributed by atoms with Gasteiger partial charge in [-0.3, -0.25) is 4.68 Å². The molecule has 0 aromatic carbocycles. The number of hydrogen-bond acceptors (Lipinski definition) is 5. The van der Waals surface area contributed by atoms with Crippen molar-refractivity contribution in [1.29, 1.82) is 0 Å². The van der Waals surface area contributed by atoms with E-state index >= 15 is 0 Å². The van der Waals surface area contributed by atoms with Gasteiger partial charge in [0.2, 0.25) is 0 Å². The van der Waals surface area contributed by atoms with Crippen LogP contribution < -0.4 is 10.6 Å². The molecule has 0 fully saturated rings. The maximum absolute atomic E-state index is 6.11. The molecule has 2 aromatic heterocycles. The Kier molecular flexibility index (Phi) is 3.38. The van der Waals surface area contributed by atoms with Gasteiger partial charge >= 0.3 is 0 Å². The van der Waals surface area contributed by atoms with E-state index in [4.69, 9.17) is 17.3 Å². The van der Waals surface area contributed by atoms with Crippen LogP contribution in [0.3, 0.4) is 0 Å². The van der Waals surface area contributed by atoms with E-state index in [9.17, 15) is 0 Å². The van der Waals surface area contributed by atoms with E-state index < -0.39 is 0 Å². The molecule has 0 radical (unpaired) electrons. The van der Waals surface area contributed by atoms with Gasteiger partial charge in [-0.2, -0.15) is 5.10 Å². The minimum Gasteiger partial charge on any atom is -0.382 e. The van der Waals surface area contributed by atoms with Crippen molar-refractivity contribution in [3.05, 3.63) is 29.3 Å². The van der Waals surface area contributed by atoms with Gasteiger partial charge in [0, 0.05) is 25.9 Å². The predicted octanol–water partition coefficient (Wildman–Crippen LogP) is 1.64. The van der Waals surface area contributed by atoms with Crippen LogP contribution in [0.15, 0.2) is 18.7 Å². The highest BCUT2D eigenvalue weighted by atomic mass is 35.5. The van der Waals surface area contributed by atoms with Gasteiger partial charge in [-0.1, -0.05) is 11.6 Å². The van der Waals surface area contributed by atoms with Crippen molar-refractivity contribution in [2.75, 3.05) is 17.7 Å². The molecule has 0 spiro atoms. The molecular formula is C11H15ClN6. The highest BCUT2D eigenvalue weighted by Crippen LogP contribution is 2.31. The summed E-state index contributed by atoms with van der Waals surface area (Å²) in [5.41, 5.74) is 6.75. The van der Waals surface area contributed by atoms with Crippen molar-refractivity contribution in [3.8, 4) is 0 Å². The third kappa shape index (κ3) is 2.24. The fourth-order valence-corrected chi connectivity index (χ4v) is 1.91. The summed E-state index contributed by atoms with van der Waals surface area (Å²) in [5, 5.41) is 4.52. The van der Waals surface area contributed by atoms with Gasteiger partial charge in [0.15, 0.2) is 5.82 Å². The first-order chi connectivity index (χ1) is 8.50. The fraction of sp³-hybridized carbons (Fsp3) is 0.364. The van der Waals surface area contributed by atoms with E-state index in [2.05, 4.69) is 15.1 Å². The molecule has 2 N–H and O–H groups in total. The summed E-state index contributed by atoms with van der Waals surface area (Å²) in [4.78, 5) is 9.96. The monoisotopic (exact) mass is 266 g/mol. The lowest BCUT2D eigenvalue weighted by Crippen LogP contribution is -2.23. The average molecular weight is 267 g/mol. The third-order valence-corrected chi connectivity index (χ3v) is 3.28. The fourth-order valence-electron chi connectivity index (χ4n) is 1.68. The molecule has 0 saturated carbocycles. The molecule has 1 atom stereocenters. The minimum absolute atomic E-state index is 0.0884. The first kappa shape index (κ1) is 12.6. The molecule has 96 valence electrons. The quantitative estimate of drug-likeness (QED) is 0.914. The number of aromatic nitrogens is 4. The maximum Gasteiger partial charge on any atom is 0.153 e. The zero-order valence-corrected chi connectivity index (χ0v) is 11.3. The summed E-state index contributed by atoms with van der Waals surface area (Å²) >= 11 is 6.11. The maximum atomic E-state index is 6.11. The molecule has 0 unspecified atom stereocenters. The molecule has 2 rings (SSSR count). The van der Waals surface area contributed by atoms with Crippen LogP contribution >= 0.6 is 11.6 Å². The highest BCUT2D eigenvalue weighted by molar-refractivity contribution is 6.35. The first-order valence-corrected chi connectivity index (χ1v) is 5.86. The normalized spacial score (nSPS) is 12.4. The average Bonchev–Trinajstić information content (AvgIpc) is 2.77. The van der Waals surface area contributed by atoms with Gasteiger partial charge in [0.1, 0.15) is 17.2 Å². The van der Waals surface area contributed by atoms with Crippen molar-refractivity contribution in [1.82, 2.24) is 19.7 Å². The Balaban J connectivity index is 2.31. The van der Waals surface area contributed by atoms with Gasteiger partial charge in [0.05, 0.1) is 12.2 Å². The van der Waals surface area contributed by atoms with Crippen LogP contribution in [0.1, 0.15) is 18.5 Å². The highest BCUT2D eigenvalue weighted by Gasteiger charge is 2.18. The van der Waals surface area contributed by atoms with E-state index in [0.29, 0.717) is 10.8 Å². The van der Waals surface area contributed by atoms with Crippen molar-refractivity contribution in [3.63, 3.8) is 0 Å².